The molecule has 0 aliphatic heterocycles. The van der Waals surface area contributed by atoms with Crippen molar-refractivity contribution in [2.75, 3.05) is 5.32 Å². The van der Waals surface area contributed by atoms with E-state index in [1.807, 2.05) is 13.8 Å². The molecule has 0 amide bonds. The molecule has 5 nitrogen and oxygen atoms in total. The fourth-order valence-corrected chi connectivity index (χ4v) is 1.64. The Bertz CT molecular complexity index is 575. The summed E-state index contributed by atoms with van der Waals surface area (Å²) in [6, 6.07) is 5.14. The van der Waals surface area contributed by atoms with Crippen molar-refractivity contribution in [1.82, 2.24) is 4.98 Å². The van der Waals surface area contributed by atoms with Gasteiger partial charge in [-0.1, -0.05) is 6.07 Å². The number of carbonyl (C=O) groups is 1. The normalized spacial score (nSPS) is 10.3. The Hall–Kier alpha value is -2.30. The van der Waals surface area contributed by atoms with E-state index < -0.39 is 5.97 Å². The van der Waals surface area contributed by atoms with E-state index in [-0.39, 0.29) is 5.56 Å². The van der Waals surface area contributed by atoms with E-state index in [0.29, 0.717) is 18.1 Å². The van der Waals surface area contributed by atoms with Crippen LogP contribution in [-0.2, 0) is 6.54 Å². The van der Waals surface area contributed by atoms with E-state index in [0.717, 1.165) is 11.3 Å². The summed E-state index contributed by atoms with van der Waals surface area (Å²) in [6.45, 7) is 4.08. The number of aromatic carboxylic acids is 1. The number of aromatic nitrogens is 1. The number of aryl methyl sites for hydroxylation is 2. The van der Waals surface area contributed by atoms with Crippen molar-refractivity contribution in [2.45, 2.75) is 20.4 Å². The highest BCUT2D eigenvalue weighted by atomic mass is 16.4. The molecule has 0 saturated carbocycles. The molecule has 0 atom stereocenters. The first-order valence-corrected chi connectivity index (χ1v) is 5.55. The van der Waals surface area contributed by atoms with Gasteiger partial charge in [0.2, 0.25) is 5.89 Å². The SMILES string of the molecule is Cc1ccc(C(=O)O)c(NCc2ncc(C)o2)c1. The van der Waals surface area contributed by atoms with Gasteiger partial charge in [-0.3, -0.25) is 0 Å². The smallest absolute Gasteiger partial charge is 0.337 e. The van der Waals surface area contributed by atoms with Crippen LogP contribution < -0.4 is 5.32 Å². The Balaban J connectivity index is 2.17. The minimum absolute atomic E-state index is 0.240. The number of oxazole rings is 1. The topological polar surface area (TPSA) is 75.4 Å². The monoisotopic (exact) mass is 246 g/mol. The average Bonchev–Trinajstić information content (AvgIpc) is 2.72. The van der Waals surface area contributed by atoms with E-state index >= 15 is 0 Å². The zero-order valence-electron chi connectivity index (χ0n) is 10.2. The van der Waals surface area contributed by atoms with Crippen LogP contribution in [0.4, 0.5) is 5.69 Å². The van der Waals surface area contributed by atoms with Gasteiger partial charge in [-0.05, 0) is 31.5 Å². The first-order valence-electron chi connectivity index (χ1n) is 5.55. The highest BCUT2D eigenvalue weighted by Crippen LogP contribution is 2.18. The van der Waals surface area contributed by atoms with Crippen molar-refractivity contribution in [1.29, 1.82) is 0 Å². The zero-order valence-corrected chi connectivity index (χ0v) is 10.2. The molecule has 2 aromatic rings. The lowest BCUT2D eigenvalue weighted by Gasteiger charge is -2.08. The molecular weight excluding hydrogens is 232 g/mol. The third kappa shape index (κ3) is 2.68. The lowest BCUT2D eigenvalue weighted by Crippen LogP contribution is -2.06. The van der Waals surface area contributed by atoms with Gasteiger partial charge in [0, 0.05) is 5.69 Å². The predicted molar refractivity (Wildman–Crippen MR) is 66.7 cm³/mol. The summed E-state index contributed by atoms with van der Waals surface area (Å²) in [6.07, 6.45) is 1.63. The van der Waals surface area contributed by atoms with E-state index in [1.54, 1.807) is 24.4 Å². The van der Waals surface area contributed by atoms with E-state index in [1.165, 1.54) is 0 Å². The minimum Gasteiger partial charge on any atom is -0.478 e. The third-order valence-corrected chi connectivity index (χ3v) is 2.50. The molecular formula is C13H14N2O3. The quantitative estimate of drug-likeness (QED) is 0.867. The van der Waals surface area contributed by atoms with Gasteiger partial charge in [0.1, 0.15) is 5.76 Å². The fourth-order valence-electron chi connectivity index (χ4n) is 1.64. The number of hydrogen-bond donors (Lipinski definition) is 2. The number of nitrogens with zero attached hydrogens (tertiary/aromatic N) is 1. The molecule has 0 unspecified atom stereocenters. The number of rotatable bonds is 4. The summed E-state index contributed by atoms with van der Waals surface area (Å²) in [7, 11) is 0. The summed E-state index contributed by atoms with van der Waals surface area (Å²) < 4.78 is 5.31. The van der Waals surface area contributed by atoms with Crippen molar-refractivity contribution >= 4 is 11.7 Å². The highest BCUT2D eigenvalue weighted by molar-refractivity contribution is 5.94. The maximum absolute atomic E-state index is 11.1. The molecule has 94 valence electrons. The van der Waals surface area contributed by atoms with Gasteiger partial charge in [0.15, 0.2) is 0 Å². The number of carboxylic acid groups (broad SMARTS) is 1. The Morgan fingerprint density at radius 3 is 2.83 bits per heavy atom. The molecule has 0 spiro atoms. The van der Waals surface area contributed by atoms with Crippen LogP contribution in [0.2, 0.25) is 0 Å². The lowest BCUT2D eigenvalue weighted by atomic mass is 10.1. The summed E-state index contributed by atoms with van der Waals surface area (Å²) in [5.74, 6) is 0.306. The van der Waals surface area contributed by atoms with Gasteiger partial charge >= 0.3 is 5.97 Å². The van der Waals surface area contributed by atoms with Gasteiger partial charge in [0.25, 0.3) is 0 Å². The maximum Gasteiger partial charge on any atom is 0.337 e. The second-order valence-electron chi connectivity index (χ2n) is 4.07. The van der Waals surface area contributed by atoms with Crippen LogP contribution >= 0.6 is 0 Å². The number of anilines is 1. The number of benzene rings is 1. The van der Waals surface area contributed by atoms with Crippen LogP contribution in [0.15, 0.2) is 28.8 Å². The summed E-state index contributed by atoms with van der Waals surface area (Å²) in [5.41, 5.74) is 1.80. The molecule has 1 heterocycles. The van der Waals surface area contributed by atoms with Crippen molar-refractivity contribution in [2.24, 2.45) is 0 Å². The fraction of sp³-hybridized carbons (Fsp3) is 0.231. The summed E-state index contributed by atoms with van der Waals surface area (Å²) in [4.78, 5) is 15.1. The third-order valence-electron chi connectivity index (χ3n) is 2.50. The van der Waals surface area contributed by atoms with Gasteiger partial charge in [-0.2, -0.15) is 0 Å². The molecule has 0 saturated heterocycles. The van der Waals surface area contributed by atoms with E-state index in [2.05, 4.69) is 10.3 Å². The second-order valence-corrected chi connectivity index (χ2v) is 4.07. The molecule has 5 heteroatoms. The van der Waals surface area contributed by atoms with Crippen LogP contribution in [0.1, 0.15) is 27.6 Å². The van der Waals surface area contributed by atoms with Crippen molar-refractivity contribution in [3.8, 4) is 0 Å². The number of carboxylic acids is 1. The Kier molecular flexibility index (Phi) is 3.32. The largest absolute Gasteiger partial charge is 0.478 e. The molecule has 1 aromatic carbocycles. The van der Waals surface area contributed by atoms with Gasteiger partial charge < -0.3 is 14.8 Å². The number of hydrogen-bond acceptors (Lipinski definition) is 4. The Labute approximate surface area is 104 Å². The molecule has 0 bridgehead atoms. The average molecular weight is 246 g/mol. The first kappa shape index (κ1) is 12.2. The Morgan fingerprint density at radius 2 is 2.22 bits per heavy atom. The Morgan fingerprint density at radius 1 is 1.44 bits per heavy atom. The maximum atomic E-state index is 11.1. The summed E-state index contributed by atoms with van der Waals surface area (Å²) in [5, 5.41) is 12.1. The molecule has 1 aromatic heterocycles. The van der Waals surface area contributed by atoms with Gasteiger partial charge in [0.05, 0.1) is 18.3 Å². The lowest BCUT2D eigenvalue weighted by molar-refractivity contribution is 0.0698. The standard InChI is InChI=1S/C13H14N2O3/c1-8-3-4-10(13(16)17)11(5-8)14-7-12-15-6-9(2)18-12/h3-6,14H,7H2,1-2H3,(H,16,17). The highest BCUT2D eigenvalue weighted by Gasteiger charge is 2.10. The van der Waals surface area contributed by atoms with E-state index in [4.69, 9.17) is 9.52 Å². The minimum atomic E-state index is -0.957. The van der Waals surface area contributed by atoms with Gasteiger partial charge in [-0.25, -0.2) is 9.78 Å². The molecule has 0 fully saturated rings. The summed E-state index contributed by atoms with van der Waals surface area (Å²) >= 11 is 0. The van der Waals surface area contributed by atoms with Gasteiger partial charge in [-0.15, -0.1) is 0 Å². The van der Waals surface area contributed by atoms with Crippen LogP contribution in [0.3, 0.4) is 0 Å². The predicted octanol–water partition coefficient (Wildman–Crippen LogP) is 2.60. The molecule has 18 heavy (non-hydrogen) atoms. The zero-order chi connectivity index (χ0) is 13.1. The van der Waals surface area contributed by atoms with Crippen molar-refractivity contribution in [3.05, 3.63) is 47.2 Å². The molecule has 0 aliphatic carbocycles. The van der Waals surface area contributed by atoms with Crippen LogP contribution in [-0.4, -0.2) is 16.1 Å². The van der Waals surface area contributed by atoms with Crippen LogP contribution in [0.5, 0.6) is 0 Å². The molecule has 0 aliphatic rings. The molecule has 2 N–H and O–H groups in total. The van der Waals surface area contributed by atoms with Crippen molar-refractivity contribution in [3.63, 3.8) is 0 Å². The van der Waals surface area contributed by atoms with Crippen LogP contribution in [0, 0.1) is 13.8 Å². The van der Waals surface area contributed by atoms with Crippen molar-refractivity contribution < 1.29 is 14.3 Å². The van der Waals surface area contributed by atoms with Crippen LogP contribution in [0.25, 0.3) is 0 Å². The molecule has 2 rings (SSSR count). The van der Waals surface area contributed by atoms with E-state index in [9.17, 15) is 4.79 Å². The molecule has 0 radical (unpaired) electrons. The first-order chi connectivity index (χ1) is 8.56. The number of nitrogens with one attached hydrogen (secondary N) is 1. The second kappa shape index (κ2) is 4.91.